The minimum atomic E-state index is -0.234. The van der Waals surface area contributed by atoms with E-state index < -0.39 is 0 Å². The van der Waals surface area contributed by atoms with Crippen molar-refractivity contribution in [3.63, 3.8) is 0 Å². The Morgan fingerprint density at radius 2 is 1.96 bits per heavy atom. The molecule has 4 heteroatoms. The van der Waals surface area contributed by atoms with Crippen LogP contribution >= 0.6 is 0 Å². The molecule has 1 N–H and O–H groups in total. The molecule has 9 atom stereocenters. The lowest BCUT2D eigenvalue weighted by atomic mass is 9.48. The van der Waals surface area contributed by atoms with Gasteiger partial charge in [-0.15, -0.1) is 0 Å². The Hall–Kier alpha value is -1.39. The Kier molecular flexibility index (Phi) is 3.28. The number of carbonyl (C=O) groups excluding carboxylic acids is 1. The van der Waals surface area contributed by atoms with E-state index in [2.05, 4.69) is 11.8 Å². The van der Waals surface area contributed by atoms with Crippen LogP contribution in [0, 0.1) is 29.1 Å². The molecule has 144 valence electrons. The Bertz CT molecular complexity index is 781. The van der Waals surface area contributed by atoms with E-state index in [4.69, 9.17) is 4.74 Å². The van der Waals surface area contributed by atoms with Crippen LogP contribution in [0.3, 0.4) is 0 Å². The van der Waals surface area contributed by atoms with Gasteiger partial charge in [-0.25, -0.2) is 4.79 Å². The summed E-state index contributed by atoms with van der Waals surface area (Å²) in [5.74, 6) is 2.53. The number of carbonyl (C=O) groups is 1. The summed E-state index contributed by atoms with van der Waals surface area (Å²) in [5.41, 5.74) is 0.744. The molecule has 6 rings (SSSR count). The molecule has 3 aliphatic carbocycles. The Labute approximate surface area is 160 Å². The average Bonchev–Trinajstić information content (AvgIpc) is 2.93. The van der Waals surface area contributed by atoms with Gasteiger partial charge in [-0.3, -0.25) is 4.90 Å². The number of piperidine rings is 2. The number of nitrogens with zero attached hydrogens (tertiary/aromatic N) is 1. The number of esters is 1. The molecule has 1 unspecified atom stereocenters. The van der Waals surface area contributed by atoms with Crippen LogP contribution in [0.15, 0.2) is 30.3 Å². The third-order valence-corrected chi connectivity index (χ3v) is 9.02. The summed E-state index contributed by atoms with van der Waals surface area (Å²) in [6.45, 7) is 4.34. The van der Waals surface area contributed by atoms with Crippen LogP contribution in [0.2, 0.25) is 0 Å². The summed E-state index contributed by atoms with van der Waals surface area (Å²) in [6, 6.07) is 9.31. The summed E-state index contributed by atoms with van der Waals surface area (Å²) in [7, 11) is 0. The predicted octanol–water partition coefficient (Wildman–Crippen LogP) is 3.10. The van der Waals surface area contributed by atoms with E-state index in [-0.39, 0.29) is 29.1 Å². The molecule has 5 aliphatic rings. The molecule has 0 aromatic heterocycles. The quantitative estimate of drug-likeness (QED) is 0.816. The molecule has 4 nitrogen and oxygen atoms in total. The van der Waals surface area contributed by atoms with E-state index in [0.29, 0.717) is 17.4 Å². The predicted molar refractivity (Wildman–Crippen MR) is 101 cm³/mol. The molecule has 1 aromatic carbocycles. The van der Waals surface area contributed by atoms with Crippen LogP contribution in [-0.2, 0) is 4.74 Å². The van der Waals surface area contributed by atoms with Crippen molar-refractivity contribution in [3.8, 4) is 0 Å². The fraction of sp³-hybridized carbons (Fsp3) is 0.696. The second-order valence-corrected chi connectivity index (χ2v) is 10.1. The molecular weight excluding hydrogens is 338 g/mol. The zero-order chi connectivity index (χ0) is 18.4. The second-order valence-electron chi connectivity index (χ2n) is 10.1. The molecule has 0 amide bonds. The summed E-state index contributed by atoms with van der Waals surface area (Å²) in [4.78, 5) is 15.3. The van der Waals surface area contributed by atoms with Crippen LogP contribution in [0.4, 0.5) is 0 Å². The standard InChI is InChI=1S/C23H29NO3/c1-14-7-16-8-20(25)22-11-18(27-21(26)15-5-3-2-4-6-15)13-24-12-17(22)9-19(16)23(22,24)10-14/h2-6,14,16-20,25H,7-13H2,1H3/t14-,16+,17-,18+,19-,20-,22+,23-/m1/s1. The number of rotatable bonds is 2. The highest BCUT2D eigenvalue weighted by Crippen LogP contribution is 2.76. The molecular formula is C23H29NO3. The van der Waals surface area contributed by atoms with Crippen molar-refractivity contribution in [2.24, 2.45) is 29.1 Å². The molecule has 1 aromatic rings. The molecule has 0 radical (unpaired) electrons. The first-order chi connectivity index (χ1) is 13.0. The van der Waals surface area contributed by atoms with Gasteiger partial charge in [-0.2, -0.15) is 0 Å². The molecule has 5 fully saturated rings. The van der Waals surface area contributed by atoms with Crippen molar-refractivity contribution in [1.82, 2.24) is 4.90 Å². The minimum absolute atomic E-state index is 0.0528. The molecule has 6 bridgehead atoms. The lowest BCUT2D eigenvalue weighted by Crippen LogP contribution is -2.71. The second kappa shape index (κ2) is 5.36. The molecule has 27 heavy (non-hydrogen) atoms. The number of hydrogen-bond acceptors (Lipinski definition) is 4. The Morgan fingerprint density at radius 1 is 1.15 bits per heavy atom. The van der Waals surface area contributed by atoms with Crippen LogP contribution in [0.5, 0.6) is 0 Å². The third-order valence-electron chi connectivity index (χ3n) is 9.02. The summed E-state index contributed by atoms with van der Waals surface area (Å²) >= 11 is 0. The summed E-state index contributed by atoms with van der Waals surface area (Å²) in [6.07, 6.45) is 5.26. The van der Waals surface area contributed by atoms with Gasteiger partial charge in [0.15, 0.2) is 0 Å². The van der Waals surface area contributed by atoms with Crippen molar-refractivity contribution < 1.29 is 14.6 Å². The minimum Gasteiger partial charge on any atom is -0.457 e. The van der Waals surface area contributed by atoms with E-state index in [1.165, 1.54) is 19.3 Å². The van der Waals surface area contributed by atoms with Crippen molar-refractivity contribution in [3.05, 3.63) is 35.9 Å². The first-order valence-corrected chi connectivity index (χ1v) is 10.7. The van der Waals surface area contributed by atoms with Crippen LogP contribution in [0.25, 0.3) is 0 Å². The summed E-state index contributed by atoms with van der Waals surface area (Å²) in [5, 5.41) is 11.4. The average molecular weight is 367 g/mol. The number of ether oxygens (including phenoxy) is 1. The number of benzene rings is 1. The van der Waals surface area contributed by atoms with Crippen molar-refractivity contribution in [2.45, 2.75) is 56.8 Å². The van der Waals surface area contributed by atoms with Gasteiger partial charge in [0.05, 0.1) is 11.7 Å². The van der Waals surface area contributed by atoms with E-state index in [9.17, 15) is 9.90 Å². The zero-order valence-electron chi connectivity index (χ0n) is 16.0. The van der Waals surface area contributed by atoms with E-state index in [0.717, 1.165) is 37.8 Å². The van der Waals surface area contributed by atoms with Gasteiger partial charge in [-0.05, 0) is 67.9 Å². The SMILES string of the molecule is C[C@@H]1C[C@H]2C[C@@H](O)[C@]34C[C@H](OC(=O)c5ccccc5)CN5C[C@H]3C[C@H]2[C@@]54C1. The monoisotopic (exact) mass is 367 g/mol. The molecule has 2 heterocycles. The first-order valence-electron chi connectivity index (χ1n) is 10.7. The maximum Gasteiger partial charge on any atom is 0.338 e. The van der Waals surface area contributed by atoms with Gasteiger partial charge in [0, 0.05) is 24.0 Å². The van der Waals surface area contributed by atoms with Gasteiger partial charge < -0.3 is 9.84 Å². The topological polar surface area (TPSA) is 49.8 Å². The van der Waals surface area contributed by atoms with Crippen molar-refractivity contribution in [2.75, 3.05) is 13.1 Å². The lowest BCUT2D eigenvalue weighted by Gasteiger charge is -2.65. The van der Waals surface area contributed by atoms with E-state index in [1.807, 2.05) is 30.3 Å². The highest BCUT2D eigenvalue weighted by Gasteiger charge is 2.80. The number of hydrogen-bond donors (Lipinski definition) is 1. The molecule has 2 saturated heterocycles. The van der Waals surface area contributed by atoms with Gasteiger partial charge in [0.2, 0.25) is 0 Å². The highest BCUT2D eigenvalue weighted by molar-refractivity contribution is 5.89. The normalized spacial score (nSPS) is 51.9. The van der Waals surface area contributed by atoms with Gasteiger partial charge in [0.1, 0.15) is 6.10 Å². The Balaban J connectivity index is 1.33. The van der Waals surface area contributed by atoms with Crippen molar-refractivity contribution in [1.29, 1.82) is 0 Å². The fourth-order valence-electron chi connectivity index (χ4n) is 8.55. The summed E-state index contributed by atoms with van der Waals surface area (Å²) < 4.78 is 5.99. The maximum atomic E-state index is 12.6. The third kappa shape index (κ3) is 1.89. The van der Waals surface area contributed by atoms with Crippen LogP contribution in [0.1, 0.15) is 49.4 Å². The number of aliphatic hydroxyl groups is 1. The first kappa shape index (κ1) is 16.6. The van der Waals surface area contributed by atoms with E-state index >= 15 is 0 Å². The molecule has 3 saturated carbocycles. The largest absolute Gasteiger partial charge is 0.457 e. The maximum absolute atomic E-state index is 12.6. The number of aliphatic hydroxyl groups excluding tert-OH is 1. The lowest BCUT2D eigenvalue weighted by molar-refractivity contribution is -0.195. The molecule has 2 aliphatic heterocycles. The molecule has 1 spiro atoms. The van der Waals surface area contributed by atoms with Gasteiger partial charge in [-0.1, -0.05) is 25.1 Å². The van der Waals surface area contributed by atoms with Gasteiger partial charge in [0.25, 0.3) is 0 Å². The highest BCUT2D eigenvalue weighted by atomic mass is 16.5. The van der Waals surface area contributed by atoms with Crippen LogP contribution < -0.4 is 0 Å². The van der Waals surface area contributed by atoms with E-state index in [1.54, 1.807) is 0 Å². The van der Waals surface area contributed by atoms with Gasteiger partial charge >= 0.3 is 5.97 Å². The fourth-order valence-corrected chi connectivity index (χ4v) is 8.55. The Morgan fingerprint density at radius 3 is 2.78 bits per heavy atom. The van der Waals surface area contributed by atoms with Crippen molar-refractivity contribution >= 4 is 5.97 Å². The van der Waals surface area contributed by atoms with Crippen LogP contribution in [-0.4, -0.2) is 46.8 Å². The zero-order valence-corrected chi connectivity index (χ0v) is 16.0. The smallest absolute Gasteiger partial charge is 0.338 e.